The molecule has 1 aromatic heterocycles. The number of carbonyl (C=O) groups is 1. The zero-order valence-corrected chi connectivity index (χ0v) is 14.9. The van der Waals surface area contributed by atoms with Crippen molar-refractivity contribution in [1.29, 1.82) is 0 Å². The summed E-state index contributed by atoms with van der Waals surface area (Å²) in [7, 11) is 1.57. The molecule has 7 heteroatoms. The first-order valence-corrected chi connectivity index (χ1v) is 8.96. The first-order valence-electron chi connectivity index (χ1n) is 8.96. The second-order valence-corrected chi connectivity index (χ2v) is 6.93. The molecule has 0 fully saturated rings. The Hall–Kier alpha value is -3.03. The van der Waals surface area contributed by atoms with Gasteiger partial charge in [-0.2, -0.15) is 0 Å². The molecule has 0 saturated carbocycles. The predicted molar refractivity (Wildman–Crippen MR) is 104 cm³/mol. The molecule has 0 amide bonds. The molecule has 0 atom stereocenters. The van der Waals surface area contributed by atoms with Crippen molar-refractivity contribution >= 4 is 39.6 Å². The number of ether oxygens (including phenoxy) is 1. The molecule has 3 heterocycles. The third kappa shape index (κ3) is 2.39. The topological polar surface area (TPSA) is 98.4 Å². The van der Waals surface area contributed by atoms with Crippen molar-refractivity contribution in [2.45, 2.75) is 19.6 Å². The van der Waals surface area contributed by atoms with E-state index in [1.165, 1.54) is 11.3 Å². The normalized spacial score (nSPS) is 14.7. The lowest BCUT2D eigenvalue weighted by Crippen LogP contribution is -2.23. The quantitative estimate of drug-likeness (QED) is 0.382. The number of aromatic amines is 1. The number of rotatable bonds is 3. The van der Waals surface area contributed by atoms with E-state index in [2.05, 4.69) is 27.0 Å². The van der Waals surface area contributed by atoms with Crippen molar-refractivity contribution in [1.82, 2.24) is 10.3 Å². The fourth-order valence-electron chi connectivity index (χ4n) is 4.17. The predicted octanol–water partition coefficient (Wildman–Crippen LogP) is 3.46. The van der Waals surface area contributed by atoms with Gasteiger partial charge in [0.1, 0.15) is 0 Å². The Morgan fingerprint density at radius 3 is 2.78 bits per heavy atom. The van der Waals surface area contributed by atoms with Crippen LogP contribution in [0.2, 0.25) is 0 Å². The number of aromatic carboxylic acids is 1. The highest BCUT2D eigenvalue weighted by atomic mass is 16.5. The summed E-state index contributed by atoms with van der Waals surface area (Å²) in [4.78, 5) is 15.5. The maximum absolute atomic E-state index is 12.0. The van der Waals surface area contributed by atoms with Gasteiger partial charge in [0.25, 0.3) is 0 Å². The van der Waals surface area contributed by atoms with Crippen LogP contribution in [-0.2, 0) is 24.3 Å². The molecular formula is C20H20N4O3. The van der Waals surface area contributed by atoms with Crippen molar-refractivity contribution in [3.05, 3.63) is 46.6 Å². The minimum Gasteiger partial charge on any atom is -0.478 e. The average Bonchev–Trinajstić information content (AvgIpc) is 3.05. The average molecular weight is 364 g/mol. The second-order valence-electron chi connectivity index (χ2n) is 6.93. The number of hydrogen-bond acceptors (Lipinski definition) is 5. The van der Waals surface area contributed by atoms with Crippen molar-refractivity contribution in [3.8, 4) is 0 Å². The van der Waals surface area contributed by atoms with E-state index >= 15 is 0 Å². The number of fused-ring (bicyclic) bond motifs is 6. The van der Waals surface area contributed by atoms with Crippen LogP contribution in [-0.4, -0.2) is 29.7 Å². The van der Waals surface area contributed by atoms with Crippen LogP contribution in [0, 0.1) is 0 Å². The molecule has 5 N–H and O–H groups in total. The van der Waals surface area contributed by atoms with Gasteiger partial charge < -0.3 is 30.8 Å². The van der Waals surface area contributed by atoms with Crippen molar-refractivity contribution in [3.63, 3.8) is 0 Å². The number of H-pyrrole nitrogens is 1. The van der Waals surface area contributed by atoms with Gasteiger partial charge in [0.15, 0.2) is 0 Å². The smallest absolute Gasteiger partial charge is 0.338 e. The first kappa shape index (κ1) is 16.2. The number of carboxylic acid groups (broad SMARTS) is 1. The van der Waals surface area contributed by atoms with E-state index in [1.54, 1.807) is 13.2 Å². The van der Waals surface area contributed by atoms with E-state index in [1.807, 2.05) is 12.1 Å². The summed E-state index contributed by atoms with van der Waals surface area (Å²) in [6.07, 6.45) is 0.940. The highest BCUT2D eigenvalue weighted by Gasteiger charge is 2.27. The van der Waals surface area contributed by atoms with Crippen LogP contribution in [0.3, 0.4) is 0 Å². The fourth-order valence-corrected chi connectivity index (χ4v) is 4.17. The van der Waals surface area contributed by atoms with E-state index in [0.29, 0.717) is 11.3 Å². The van der Waals surface area contributed by atoms with Gasteiger partial charge in [-0.3, -0.25) is 0 Å². The lowest BCUT2D eigenvalue weighted by atomic mass is 9.98. The second kappa shape index (κ2) is 6.00. The molecule has 0 saturated heterocycles. The zero-order chi connectivity index (χ0) is 18.5. The van der Waals surface area contributed by atoms with Crippen molar-refractivity contribution < 1.29 is 14.6 Å². The maximum atomic E-state index is 12.0. The van der Waals surface area contributed by atoms with Crippen molar-refractivity contribution in [2.24, 2.45) is 0 Å². The summed E-state index contributed by atoms with van der Waals surface area (Å²) < 4.78 is 5.19. The third-order valence-corrected chi connectivity index (χ3v) is 5.34. The summed E-state index contributed by atoms with van der Waals surface area (Å²) in [6.45, 7) is 2.01. The van der Waals surface area contributed by atoms with E-state index in [0.717, 1.165) is 47.5 Å². The SMILES string of the molecule is COCc1ccc2c(c1C(=O)O)Nc1c(ccc3[nH]c4c(c13)CCNC4)N2. The van der Waals surface area contributed by atoms with Crippen LogP contribution in [0.15, 0.2) is 24.3 Å². The molecule has 27 heavy (non-hydrogen) atoms. The molecule has 2 aliphatic heterocycles. The molecule has 0 aliphatic carbocycles. The molecular weight excluding hydrogens is 344 g/mol. The number of aromatic nitrogens is 1. The number of hydrogen-bond donors (Lipinski definition) is 5. The lowest BCUT2D eigenvalue weighted by molar-refractivity contribution is 0.0693. The van der Waals surface area contributed by atoms with Crippen molar-refractivity contribution in [2.75, 3.05) is 24.3 Å². The molecule has 0 bridgehead atoms. The molecule has 3 aromatic rings. The number of nitrogens with one attached hydrogen (secondary N) is 4. The lowest BCUT2D eigenvalue weighted by Gasteiger charge is -2.27. The van der Waals surface area contributed by atoms with Crippen LogP contribution < -0.4 is 16.0 Å². The molecule has 0 spiro atoms. The van der Waals surface area contributed by atoms with E-state index < -0.39 is 5.97 Å². The van der Waals surface area contributed by atoms with Gasteiger partial charge in [-0.15, -0.1) is 0 Å². The summed E-state index contributed by atoms with van der Waals surface area (Å²) >= 11 is 0. The molecule has 2 aliphatic rings. The van der Waals surface area contributed by atoms with Gasteiger partial charge >= 0.3 is 5.97 Å². The molecule has 2 aromatic carbocycles. The van der Waals surface area contributed by atoms with Crippen LogP contribution in [0.4, 0.5) is 22.7 Å². The summed E-state index contributed by atoms with van der Waals surface area (Å²) in [5, 5.41) is 21.2. The Morgan fingerprint density at radius 2 is 1.96 bits per heavy atom. The highest BCUT2D eigenvalue weighted by molar-refractivity contribution is 6.11. The molecule has 0 unspecified atom stereocenters. The maximum Gasteiger partial charge on any atom is 0.338 e. The first-order chi connectivity index (χ1) is 13.2. The summed E-state index contributed by atoms with van der Waals surface area (Å²) in [6, 6.07) is 7.79. The van der Waals surface area contributed by atoms with Gasteiger partial charge in [0.05, 0.1) is 34.9 Å². The van der Waals surface area contributed by atoms with Gasteiger partial charge in [-0.1, -0.05) is 6.07 Å². The molecule has 5 rings (SSSR count). The van der Waals surface area contributed by atoms with Crippen LogP contribution in [0.25, 0.3) is 10.9 Å². The number of anilines is 4. The number of carboxylic acids is 1. The minimum absolute atomic E-state index is 0.246. The highest BCUT2D eigenvalue weighted by Crippen LogP contribution is 2.46. The number of methoxy groups -OCH3 is 1. The molecule has 7 nitrogen and oxygen atoms in total. The van der Waals surface area contributed by atoms with E-state index in [9.17, 15) is 9.90 Å². The summed E-state index contributed by atoms with van der Waals surface area (Å²) in [5.74, 6) is -0.968. The Kier molecular flexibility index (Phi) is 3.60. The Labute approximate surface area is 155 Å². The Balaban J connectivity index is 1.72. The Bertz CT molecular complexity index is 1090. The van der Waals surface area contributed by atoms with Gasteiger partial charge in [-0.05, 0) is 42.3 Å². The van der Waals surface area contributed by atoms with Crippen LogP contribution in [0.1, 0.15) is 27.2 Å². The number of benzene rings is 2. The van der Waals surface area contributed by atoms with Crippen LogP contribution in [0.5, 0.6) is 0 Å². The van der Waals surface area contributed by atoms with E-state index in [4.69, 9.17) is 4.74 Å². The van der Waals surface area contributed by atoms with Gasteiger partial charge in [-0.25, -0.2) is 4.79 Å². The zero-order valence-electron chi connectivity index (χ0n) is 14.9. The van der Waals surface area contributed by atoms with Gasteiger partial charge in [0.2, 0.25) is 0 Å². The minimum atomic E-state index is -0.968. The largest absolute Gasteiger partial charge is 0.478 e. The molecule has 138 valence electrons. The third-order valence-electron chi connectivity index (χ3n) is 5.34. The molecule has 0 radical (unpaired) electrons. The van der Waals surface area contributed by atoms with Gasteiger partial charge in [0, 0.05) is 30.3 Å². The van der Waals surface area contributed by atoms with Crippen LogP contribution >= 0.6 is 0 Å². The standard InChI is InChI=1S/C20H20N4O3/c1-27-9-10-2-3-13-18(16(10)20(25)26)24-19-14(23-13)5-4-12-17(19)11-6-7-21-8-15(11)22-12/h2-5,21-24H,6-9H2,1H3,(H,25,26). The Morgan fingerprint density at radius 1 is 1.15 bits per heavy atom. The fraction of sp³-hybridized carbons (Fsp3) is 0.250. The van der Waals surface area contributed by atoms with E-state index in [-0.39, 0.29) is 12.2 Å². The summed E-state index contributed by atoms with van der Waals surface area (Å²) in [5.41, 5.74) is 7.66. The monoisotopic (exact) mass is 364 g/mol.